The normalized spacial score (nSPS) is 13.2. The molecule has 0 aliphatic carbocycles. The van der Waals surface area contributed by atoms with Gasteiger partial charge in [0.15, 0.2) is 0 Å². The van der Waals surface area contributed by atoms with Crippen LogP contribution >= 0.6 is 0 Å². The van der Waals surface area contributed by atoms with Gasteiger partial charge in [0.2, 0.25) is 0 Å². The maximum absolute atomic E-state index is 12.0. The van der Waals surface area contributed by atoms with E-state index in [4.69, 9.17) is 9.47 Å². The van der Waals surface area contributed by atoms with Crippen LogP contribution in [-0.2, 0) is 19.1 Å². The van der Waals surface area contributed by atoms with Crippen LogP contribution in [0.2, 0.25) is 0 Å². The zero-order valence-corrected chi connectivity index (χ0v) is 18.4. The van der Waals surface area contributed by atoms with Gasteiger partial charge in [0, 0.05) is 0 Å². The van der Waals surface area contributed by atoms with Crippen molar-refractivity contribution < 1.29 is 19.1 Å². The molecule has 0 aliphatic rings. The largest absolute Gasteiger partial charge is 0.465 e. The highest BCUT2D eigenvalue weighted by molar-refractivity contribution is 5.72. The number of unbranched alkanes of at least 4 members (excludes halogenated alkanes) is 6. The Labute approximate surface area is 167 Å². The molecule has 0 spiro atoms. The summed E-state index contributed by atoms with van der Waals surface area (Å²) < 4.78 is 10.8. The fourth-order valence-corrected chi connectivity index (χ4v) is 3.19. The molecule has 0 unspecified atom stereocenters. The summed E-state index contributed by atoms with van der Waals surface area (Å²) in [5.74, 6) is 0.102. The molecular weight excluding hydrogens is 340 g/mol. The molecule has 0 rings (SSSR count). The van der Waals surface area contributed by atoms with Crippen molar-refractivity contribution in [2.45, 2.75) is 111 Å². The van der Waals surface area contributed by atoms with E-state index in [0.29, 0.717) is 13.2 Å². The Hall–Kier alpha value is -1.06. The Morgan fingerprint density at radius 1 is 0.593 bits per heavy atom. The third-order valence-electron chi connectivity index (χ3n) is 5.24. The highest BCUT2D eigenvalue weighted by Crippen LogP contribution is 2.16. The van der Waals surface area contributed by atoms with Crippen LogP contribution in [0.3, 0.4) is 0 Å². The first-order valence-corrected chi connectivity index (χ1v) is 11.4. The lowest BCUT2D eigenvalue weighted by Crippen LogP contribution is -2.18. The van der Waals surface area contributed by atoms with Crippen LogP contribution in [0.1, 0.15) is 111 Å². The van der Waals surface area contributed by atoms with E-state index < -0.39 is 0 Å². The lowest BCUT2D eigenvalue weighted by molar-refractivity contribution is -0.149. The fraction of sp³-hybridized carbons (Fsp3) is 0.913. The average Bonchev–Trinajstić information content (AvgIpc) is 2.67. The zero-order chi connectivity index (χ0) is 20.3. The molecule has 0 heterocycles. The van der Waals surface area contributed by atoms with E-state index in [1.54, 1.807) is 0 Å². The summed E-state index contributed by atoms with van der Waals surface area (Å²) in [6.45, 7) is 9.47. The minimum atomic E-state index is -0.0218. The number of hydrogen-bond acceptors (Lipinski definition) is 4. The smallest absolute Gasteiger partial charge is 0.308 e. The van der Waals surface area contributed by atoms with Gasteiger partial charge in [-0.05, 0) is 38.5 Å². The standard InChI is InChI=1S/C23H44O4/c1-5-9-16-20(7-3)22(24)26-18-14-12-11-13-15-19-27-23(25)21(8-4)17-10-6-2/h20-21H,5-19H2,1-4H3/t20-,21+. The van der Waals surface area contributed by atoms with E-state index in [9.17, 15) is 9.59 Å². The molecule has 4 heteroatoms. The van der Waals surface area contributed by atoms with Gasteiger partial charge in [-0.25, -0.2) is 0 Å². The molecule has 0 bridgehead atoms. The summed E-state index contributed by atoms with van der Waals surface area (Å²) in [6.07, 6.45) is 13.1. The molecule has 0 aromatic rings. The predicted octanol–water partition coefficient (Wildman–Crippen LogP) is 6.46. The predicted molar refractivity (Wildman–Crippen MR) is 112 cm³/mol. The molecule has 0 radical (unpaired) electrons. The number of rotatable bonds is 18. The van der Waals surface area contributed by atoms with Gasteiger partial charge in [-0.3, -0.25) is 9.59 Å². The first-order chi connectivity index (χ1) is 13.1. The number of hydrogen-bond donors (Lipinski definition) is 0. The quantitative estimate of drug-likeness (QED) is 0.201. The Morgan fingerprint density at radius 2 is 0.963 bits per heavy atom. The van der Waals surface area contributed by atoms with Gasteiger partial charge in [-0.2, -0.15) is 0 Å². The van der Waals surface area contributed by atoms with Gasteiger partial charge in [-0.1, -0.05) is 72.6 Å². The topological polar surface area (TPSA) is 52.6 Å². The highest BCUT2D eigenvalue weighted by Gasteiger charge is 2.17. The van der Waals surface area contributed by atoms with E-state index in [1.807, 2.05) is 0 Å². The second kappa shape index (κ2) is 18.3. The van der Waals surface area contributed by atoms with Gasteiger partial charge in [0.05, 0.1) is 25.0 Å². The molecular formula is C23H44O4. The molecule has 0 fully saturated rings. The molecule has 0 aliphatic heterocycles. The fourth-order valence-electron chi connectivity index (χ4n) is 3.19. The summed E-state index contributed by atoms with van der Waals surface area (Å²) in [4.78, 5) is 24.0. The molecule has 160 valence electrons. The Kier molecular flexibility index (Phi) is 17.6. The van der Waals surface area contributed by atoms with Gasteiger partial charge in [0.25, 0.3) is 0 Å². The monoisotopic (exact) mass is 384 g/mol. The van der Waals surface area contributed by atoms with Crippen LogP contribution in [-0.4, -0.2) is 25.2 Å². The maximum Gasteiger partial charge on any atom is 0.308 e. The second-order valence-electron chi connectivity index (χ2n) is 7.60. The number of carbonyl (C=O) groups excluding carboxylic acids is 2. The first kappa shape index (κ1) is 25.9. The van der Waals surface area contributed by atoms with Crippen LogP contribution in [0.5, 0.6) is 0 Å². The molecule has 0 saturated heterocycles. The van der Waals surface area contributed by atoms with E-state index in [2.05, 4.69) is 27.7 Å². The number of carbonyl (C=O) groups is 2. The summed E-state index contributed by atoms with van der Waals surface area (Å²) >= 11 is 0. The van der Waals surface area contributed by atoms with Crippen molar-refractivity contribution in [2.75, 3.05) is 13.2 Å². The van der Waals surface area contributed by atoms with Gasteiger partial charge in [0.1, 0.15) is 0 Å². The third kappa shape index (κ3) is 13.7. The maximum atomic E-state index is 12.0. The van der Waals surface area contributed by atoms with Crippen molar-refractivity contribution in [2.24, 2.45) is 11.8 Å². The van der Waals surface area contributed by atoms with Crippen LogP contribution in [0.15, 0.2) is 0 Å². The van der Waals surface area contributed by atoms with Crippen molar-refractivity contribution in [1.29, 1.82) is 0 Å². The summed E-state index contributed by atoms with van der Waals surface area (Å²) in [7, 11) is 0. The number of esters is 2. The minimum absolute atomic E-state index is 0.0218. The molecule has 27 heavy (non-hydrogen) atoms. The number of ether oxygens (including phenoxy) is 2. The molecule has 0 N–H and O–H groups in total. The first-order valence-electron chi connectivity index (χ1n) is 11.4. The van der Waals surface area contributed by atoms with E-state index in [1.165, 1.54) is 0 Å². The summed E-state index contributed by atoms with van der Waals surface area (Å²) in [6, 6.07) is 0. The van der Waals surface area contributed by atoms with Gasteiger partial charge in [-0.15, -0.1) is 0 Å². The Morgan fingerprint density at radius 3 is 1.30 bits per heavy atom. The summed E-state index contributed by atoms with van der Waals surface area (Å²) in [5.41, 5.74) is 0. The van der Waals surface area contributed by atoms with Crippen molar-refractivity contribution in [3.63, 3.8) is 0 Å². The van der Waals surface area contributed by atoms with E-state index >= 15 is 0 Å². The van der Waals surface area contributed by atoms with Gasteiger partial charge >= 0.3 is 11.9 Å². The summed E-state index contributed by atoms with van der Waals surface area (Å²) in [5, 5.41) is 0. The van der Waals surface area contributed by atoms with E-state index in [-0.39, 0.29) is 23.8 Å². The highest BCUT2D eigenvalue weighted by atomic mass is 16.5. The van der Waals surface area contributed by atoms with Crippen molar-refractivity contribution in [3.8, 4) is 0 Å². The molecule has 0 saturated carbocycles. The lowest BCUT2D eigenvalue weighted by Gasteiger charge is -2.14. The van der Waals surface area contributed by atoms with Crippen LogP contribution < -0.4 is 0 Å². The Balaban J connectivity index is 3.61. The van der Waals surface area contributed by atoms with Crippen LogP contribution in [0.25, 0.3) is 0 Å². The molecule has 0 amide bonds. The van der Waals surface area contributed by atoms with Crippen molar-refractivity contribution >= 4 is 11.9 Å². The van der Waals surface area contributed by atoms with E-state index in [0.717, 1.165) is 83.5 Å². The lowest BCUT2D eigenvalue weighted by atomic mass is 10.00. The zero-order valence-electron chi connectivity index (χ0n) is 18.4. The minimum Gasteiger partial charge on any atom is -0.465 e. The Bertz CT molecular complexity index is 333. The molecule has 2 atom stereocenters. The molecule has 4 nitrogen and oxygen atoms in total. The average molecular weight is 385 g/mol. The van der Waals surface area contributed by atoms with Gasteiger partial charge < -0.3 is 9.47 Å². The SMILES string of the molecule is CCCC[C@@H](CC)C(=O)OCCCCCCCOC(=O)[C@@H](CC)CCCC. The van der Waals surface area contributed by atoms with Crippen LogP contribution in [0, 0.1) is 11.8 Å². The third-order valence-corrected chi connectivity index (χ3v) is 5.24. The molecule has 0 aromatic carbocycles. The van der Waals surface area contributed by atoms with Crippen LogP contribution in [0.4, 0.5) is 0 Å². The van der Waals surface area contributed by atoms with Crippen molar-refractivity contribution in [1.82, 2.24) is 0 Å². The molecule has 0 aromatic heterocycles. The second-order valence-corrected chi connectivity index (χ2v) is 7.60. The van der Waals surface area contributed by atoms with Crippen molar-refractivity contribution in [3.05, 3.63) is 0 Å².